The van der Waals surface area contributed by atoms with Crippen molar-refractivity contribution in [2.24, 2.45) is 0 Å². The van der Waals surface area contributed by atoms with Crippen LogP contribution in [0.15, 0.2) is 35.1 Å². The van der Waals surface area contributed by atoms with Gasteiger partial charge in [-0.05, 0) is 19.1 Å². The third-order valence-corrected chi connectivity index (χ3v) is 2.39. The first-order valence-corrected chi connectivity index (χ1v) is 5.68. The second kappa shape index (κ2) is 5.80. The first-order chi connectivity index (χ1) is 9.22. The molecule has 0 saturated heterocycles. The molecule has 2 N–H and O–H groups in total. The monoisotopic (exact) mass is 255 g/mol. The predicted molar refractivity (Wildman–Crippen MR) is 72.8 cm³/mol. The molecule has 6 heteroatoms. The van der Waals surface area contributed by atoms with E-state index < -0.39 is 5.69 Å². The second-order valence-corrected chi connectivity index (χ2v) is 3.73. The van der Waals surface area contributed by atoms with Gasteiger partial charge in [0.25, 0.3) is 0 Å². The molecule has 0 aliphatic carbocycles. The predicted octanol–water partition coefficient (Wildman–Crippen LogP) is 0.486. The maximum atomic E-state index is 12.0. The van der Waals surface area contributed by atoms with Crippen LogP contribution in [-0.2, 0) is 0 Å². The molecule has 96 valence electrons. The van der Waals surface area contributed by atoms with Crippen molar-refractivity contribution in [3.05, 3.63) is 46.6 Å². The number of nitrogens with one attached hydrogen (secondary N) is 2. The highest BCUT2D eigenvalue weighted by Gasteiger charge is 2.07. The summed E-state index contributed by atoms with van der Waals surface area (Å²) in [6.07, 6.45) is 5.09. The number of benzene rings is 1. The zero-order chi connectivity index (χ0) is 13.7. The van der Waals surface area contributed by atoms with Gasteiger partial charge in [-0.25, -0.2) is 14.8 Å². The Labute approximate surface area is 110 Å². The summed E-state index contributed by atoms with van der Waals surface area (Å²) in [5, 5.41) is 0. The Hall–Kier alpha value is -2.65. The highest BCUT2D eigenvalue weighted by Crippen LogP contribution is 2.06. The van der Waals surface area contributed by atoms with E-state index in [1.54, 1.807) is 6.92 Å². The fraction of sp³-hybridized carbons (Fsp3) is 0.154. The first kappa shape index (κ1) is 12.8. The molecule has 0 aliphatic heterocycles. The highest BCUT2D eigenvalue weighted by molar-refractivity contribution is 5.33. The smallest absolute Gasteiger partial charge is 0.289 e. The number of hydrogen-bond donors (Lipinski definition) is 2. The number of aryl methyl sites for hydroxylation is 1. The first-order valence-electron chi connectivity index (χ1n) is 5.68. The van der Waals surface area contributed by atoms with Crippen LogP contribution >= 0.6 is 0 Å². The van der Waals surface area contributed by atoms with Gasteiger partial charge in [0, 0.05) is 0 Å². The van der Waals surface area contributed by atoms with E-state index >= 15 is 0 Å². The molecule has 2 rings (SSSR count). The average Bonchev–Trinajstić information content (AvgIpc) is 2.39. The Balaban J connectivity index is 2.34. The van der Waals surface area contributed by atoms with Crippen LogP contribution < -0.4 is 16.5 Å². The van der Waals surface area contributed by atoms with Crippen LogP contribution in [0.5, 0.6) is 0 Å². The number of nitrogens with zero attached hydrogens (tertiary/aromatic N) is 3. The molecule has 0 fully saturated rings. The summed E-state index contributed by atoms with van der Waals surface area (Å²) < 4.78 is 1.44. The van der Waals surface area contributed by atoms with Crippen molar-refractivity contribution in [3.63, 3.8) is 0 Å². The van der Waals surface area contributed by atoms with E-state index in [0.717, 1.165) is 5.69 Å². The van der Waals surface area contributed by atoms with Crippen LogP contribution in [0.3, 0.4) is 0 Å². The molecule has 0 spiro atoms. The number of terminal acetylenes is 1. The zero-order valence-electron chi connectivity index (χ0n) is 10.4. The summed E-state index contributed by atoms with van der Waals surface area (Å²) in [4.78, 5) is 20.0. The number of hydrazine groups is 1. The quantitative estimate of drug-likeness (QED) is 0.472. The number of anilines is 1. The molecule has 1 aromatic heterocycles. The Kier molecular flexibility index (Phi) is 3.90. The molecule has 0 saturated carbocycles. The minimum atomic E-state index is -0.399. The van der Waals surface area contributed by atoms with Gasteiger partial charge in [-0.15, -0.1) is 6.42 Å². The van der Waals surface area contributed by atoms with E-state index in [1.165, 1.54) is 4.57 Å². The molecular formula is C13H13N5O. The lowest BCUT2D eigenvalue weighted by Crippen LogP contribution is -2.30. The third kappa shape index (κ3) is 2.97. The van der Waals surface area contributed by atoms with Gasteiger partial charge in [0.2, 0.25) is 5.95 Å². The van der Waals surface area contributed by atoms with Gasteiger partial charge in [-0.1, -0.05) is 24.1 Å². The average molecular weight is 255 g/mol. The van der Waals surface area contributed by atoms with Crippen LogP contribution in [-0.4, -0.2) is 21.1 Å². The molecule has 0 unspecified atom stereocenters. The van der Waals surface area contributed by atoms with Gasteiger partial charge >= 0.3 is 5.69 Å². The molecular weight excluding hydrogens is 242 g/mol. The summed E-state index contributed by atoms with van der Waals surface area (Å²) in [6.45, 7) is 2.05. The van der Waals surface area contributed by atoms with E-state index in [1.807, 2.05) is 30.3 Å². The summed E-state index contributed by atoms with van der Waals surface area (Å²) >= 11 is 0. The lowest BCUT2D eigenvalue weighted by Gasteiger charge is -2.10. The van der Waals surface area contributed by atoms with Gasteiger partial charge in [0.1, 0.15) is 5.82 Å². The maximum Gasteiger partial charge on any atom is 0.356 e. The lowest BCUT2D eigenvalue weighted by atomic mass is 10.3. The van der Waals surface area contributed by atoms with Crippen molar-refractivity contribution >= 4 is 5.95 Å². The summed E-state index contributed by atoms with van der Waals surface area (Å²) in [5.41, 5.74) is 5.71. The van der Waals surface area contributed by atoms with Crippen molar-refractivity contribution in [1.82, 2.24) is 20.0 Å². The topological polar surface area (TPSA) is 71.8 Å². The molecule has 0 radical (unpaired) electrons. The number of hydrogen-bond acceptors (Lipinski definition) is 5. The molecule has 1 aromatic carbocycles. The van der Waals surface area contributed by atoms with Gasteiger partial charge < -0.3 is 0 Å². The number of aromatic nitrogens is 3. The van der Waals surface area contributed by atoms with Gasteiger partial charge in [0.15, 0.2) is 0 Å². The Morgan fingerprint density at radius 3 is 2.68 bits per heavy atom. The maximum absolute atomic E-state index is 12.0. The van der Waals surface area contributed by atoms with Gasteiger partial charge in [0.05, 0.1) is 12.2 Å². The van der Waals surface area contributed by atoms with Crippen LogP contribution in [0.4, 0.5) is 5.95 Å². The molecule has 0 atom stereocenters. The van der Waals surface area contributed by atoms with Crippen molar-refractivity contribution in [3.8, 4) is 18.0 Å². The summed E-state index contributed by atoms with van der Waals surface area (Å²) in [5.74, 6) is 3.13. The van der Waals surface area contributed by atoms with Crippen LogP contribution in [0.1, 0.15) is 5.82 Å². The lowest BCUT2D eigenvalue weighted by molar-refractivity contribution is 0.787. The summed E-state index contributed by atoms with van der Waals surface area (Å²) in [6, 6.07) is 9.22. The molecule has 0 amide bonds. The molecule has 0 aliphatic rings. The van der Waals surface area contributed by atoms with Crippen molar-refractivity contribution in [1.29, 1.82) is 0 Å². The highest BCUT2D eigenvalue weighted by atomic mass is 16.1. The number of rotatable bonds is 4. The van der Waals surface area contributed by atoms with E-state index in [0.29, 0.717) is 12.4 Å². The standard InChI is InChI=1S/C13H13N5O/c1-3-9-14-17-12-15-10(2)18(13(19)16-12)11-7-5-4-6-8-11/h1,4-8,14H,9H2,2H3,(H,16,17,19). The molecule has 19 heavy (non-hydrogen) atoms. The fourth-order valence-corrected chi connectivity index (χ4v) is 1.61. The SMILES string of the molecule is C#CCNNc1nc(C)n(-c2ccccc2)c(=O)n1. The van der Waals surface area contributed by atoms with Crippen LogP contribution in [0.2, 0.25) is 0 Å². The van der Waals surface area contributed by atoms with Crippen molar-refractivity contribution < 1.29 is 0 Å². The molecule has 6 nitrogen and oxygen atoms in total. The Morgan fingerprint density at radius 1 is 1.32 bits per heavy atom. The Morgan fingerprint density at radius 2 is 2.05 bits per heavy atom. The normalized spacial score (nSPS) is 9.89. The minimum absolute atomic E-state index is 0.199. The fourth-order valence-electron chi connectivity index (χ4n) is 1.61. The van der Waals surface area contributed by atoms with Crippen molar-refractivity contribution in [2.45, 2.75) is 6.92 Å². The van der Waals surface area contributed by atoms with Gasteiger partial charge in [-0.3, -0.25) is 5.43 Å². The summed E-state index contributed by atoms with van der Waals surface area (Å²) in [7, 11) is 0. The van der Waals surface area contributed by atoms with E-state index in [4.69, 9.17) is 6.42 Å². The van der Waals surface area contributed by atoms with Crippen LogP contribution in [0.25, 0.3) is 5.69 Å². The van der Waals surface area contributed by atoms with Gasteiger partial charge in [-0.2, -0.15) is 9.97 Å². The van der Waals surface area contributed by atoms with E-state index in [-0.39, 0.29) is 5.95 Å². The van der Waals surface area contributed by atoms with Crippen molar-refractivity contribution in [2.75, 3.05) is 12.0 Å². The number of para-hydroxylation sites is 1. The minimum Gasteiger partial charge on any atom is -0.289 e. The molecule has 2 aromatic rings. The second-order valence-electron chi connectivity index (χ2n) is 3.73. The third-order valence-electron chi connectivity index (χ3n) is 2.39. The van der Waals surface area contributed by atoms with E-state index in [9.17, 15) is 4.79 Å². The van der Waals surface area contributed by atoms with E-state index in [2.05, 4.69) is 26.7 Å². The Bertz CT molecular complexity index is 657. The molecule has 0 bridgehead atoms. The largest absolute Gasteiger partial charge is 0.356 e. The molecule has 1 heterocycles. The zero-order valence-corrected chi connectivity index (χ0v) is 10.4. The van der Waals surface area contributed by atoms with Crippen LogP contribution in [0, 0.1) is 19.3 Å².